The fourth-order valence-corrected chi connectivity index (χ4v) is 3.35. The van der Waals surface area contributed by atoms with Crippen molar-refractivity contribution in [3.8, 4) is 0 Å². The van der Waals surface area contributed by atoms with Crippen molar-refractivity contribution in [1.29, 1.82) is 0 Å². The van der Waals surface area contributed by atoms with E-state index in [1.54, 1.807) is 0 Å². The fraction of sp³-hybridized carbons (Fsp3) is 1.00. The molecule has 0 spiro atoms. The number of unbranched alkanes of at least 4 members (excludes halogenated alkanes) is 15. The zero-order chi connectivity index (χ0) is 20.6. The summed E-state index contributed by atoms with van der Waals surface area (Å²) in [4.78, 5) is 2.30. The highest BCUT2D eigenvalue weighted by atomic mass is 35.5. The molecule has 4 heteroatoms. The van der Waals surface area contributed by atoms with Crippen molar-refractivity contribution in [2.75, 3.05) is 32.4 Å². The van der Waals surface area contributed by atoms with Crippen LogP contribution in [0.15, 0.2) is 0 Å². The van der Waals surface area contributed by atoms with Crippen LogP contribution < -0.4 is 0 Å². The van der Waals surface area contributed by atoms with E-state index in [-0.39, 0.29) is 11.8 Å². The van der Waals surface area contributed by atoms with Gasteiger partial charge in [0.1, 0.15) is 0 Å². The minimum absolute atomic E-state index is 0.226. The highest BCUT2D eigenvalue weighted by Crippen LogP contribution is 2.13. The quantitative estimate of drug-likeness (QED) is 0.169. The Kier molecular flexibility index (Phi) is 29.1. The molecule has 0 aromatic rings. The predicted octanol–water partition coefficient (Wildman–Crippen LogP) is 7.63. The molecular weight excluding hydrogens is 377 g/mol. The van der Waals surface area contributed by atoms with Crippen molar-refractivity contribution >= 4 is 23.2 Å². The van der Waals surface area contributed by atoms with Crippen molar-refractivity contribution in [3.05, 3.63) is 0 Å². The summed E-state index contributed by atoms with van der Waals surface area (Å²) in [5.74, 6) is 0.451. The second kappa shape index (κ2) is 26.5. The number of halogens is 2. The van der Waals surface area contributed by atoms with E-state index < -0.39 is 6.10 Å². The largest absolute Gasteiger partial charge is 0.391 e. The maximum atomic E-state index is 8.40. The van der Waals surface area contributed by atoms with Crippen LogP contribution in [0.3, 0.4) is 0 Å². The van der Waals surface area contributed by atoms with E-state index in [2.05, 4.69) is 25.9 Å². The van der Waals surface area contributed by atoms with Gasteiger partial charge in [-0.2, -0.15) is 0 Å². The molecule has 27 heavy (non-hydrogen) atoms. The van der Waals surface area contributed by atoms with E-state index in [4.69, 9.17) is 28.3 Å². The standard InChI is InChI=1S/C20H43N.C3H6Cl2O/c1-4-5-6-7-8-9-10-11-12-13-14-15-16-17-18-19-20-21(2)3;4-1-3(6)2-5/h4-20H2,1-3H3;3,6H,1-2H2. The van der Waals surface area contributed by atoms with E-state index in [0.717, 1.165) is 0 Å². The molecule has 0 radical (unpaired) electrons. The van der Waals surface area contributed by atoms with Crippen LogP contribution in [0.1, 0.15) is 110 Å². The predicted molar refractivity (Wildman–Crippen MR) is 126 cm³/mol. The van der Waals surface area contributed by atoms with Gasteiger partial charge in [0.05, 0.1) is 6.10 Å². The Balaban J connectivity index is 0. The molecule has 0 aliphatic heterocycles. The first-order valence-corrected chi connectivity index (χ1v) is 12.6. The summed E-state index contributed by atoms with van der Waals surface area (Å²) in [6, 6.07) is 0. The third kappa shape index (κ3) is 31.4. The maximum Gasteiger partial charge on any atom is 0.0810 e. The summed E-state index contributed by atoms with van der Waals surface area (Å²) in [6.07, 6.45) is 22.8. The number of hydrogen-bond donors (Lipinski definition) is 1. The van der Waals surface area contributed by atoms with E-state index >= 15 is 0 Å². The van der Waals surface area contributed by atoms with Gasteiger partial charge in [-0.15, -0.1) is 23.2 Å². The first kappa shape index (κ1) is 29.7. The third-order valence-electron chi connectivity index (χ3n) is 4.82. The number of aliphatic hydroxyl groups excluding tert-OH is 1. The van der Waals surface area contributed by atoms with Gasteiger partial charge in [-0.1, -0.05) is 103 Å². The van der Waals surface area contributed by atoms with Crippen LogP contribution in [0, 0.1) is 0 Å². The van der Waals surface area contributed by atoms with Crippen LogP contribution in [-0.4, -0.2) is 48.5 Å². The molecule has 0 unspecified atom stereocenters. The number of hydrogen-bond acceptors (Lipinski definition) is 2. The SMILES string of the molecule is CCCCCCCCCCCCCCCCCCN(C)C.OC(CCl)CCl. The van der Waals surface area contributed by atoms with Gasteiger partial charge in [-0.3, -0.25) is 0 Å². The van der Waals surface area contributed by atoms with Crippen molar-refractivity contribution < 1.29 is 5.11 Å². The van der Waals surface area contributed by atoms with Crippen LogP contribution in [0.2, 0.25) is 0 Å². The molecule has 0 aromatic heterocycles. The van der Waals surface area contributed by atoms with Gasteiger partial charge in [0, 0.05) is 11.8 Å². The van der Waals surface area contributed by atoms with Gasteiger partial charge >= 0.3 is 0 Å². The lowest BCUT2D eigenvalue weighted by atomic mass is 10.0. The molecule has 0 saturated heterocycles. The molecule has 0 aliphatic carbocycles. The van der Waals surface area contributed by atoms with Gasteiger partial charge in [-0.05, 0) is 27.1 Å². The van der Waals surface area contributed by atoms with E-state index in [1.807, 2.05) is 0 Å². The summed E-state index contributed by atoms with van der Waals surface area (Å²) in [6.45, 7) is 3.56. The van der Waals surface area contributed by atoms with E-state index in [0.29, 0.717) is 0 Å². The normalized spacial score (nSPS) is 11.1. The Hall–Kier alpha value is 0.500. The number of alkyl halides is 2. The highest BCUT2D eigenvalue weighted by Gasteiger charge is 1.95. The third-order valence-corrected chi connectivity index (χ3v) is 5.53. The Bertz CT molecular complexity index is 249. The van der Waals surface area contributed by atoms with Crippen LogP contribution in [0.4, 0.5) is 0 Å². The zero-order valence-corrected chi connectivity index (χ0v) is 20.2. The van der Waals surface area contributed by atoms with Crippen LogP contribution in [0.25, 0.3) is 0 Å². The molecular formula is C23H49Cl2NO. The zero-order valence-electron chi connectivity index (χ0n) is 18.7. The minimum Gasteiger partial charge on any atom is -0.391 e. The Morgan fingerprint density at radius 1 is 0.593 bits per heavy atom. The van der Waals surface area contributed by atoms with Crippen LogP contribution in [-0.2, 0) is 0 Å². The van der Waals surface area contributed by atoms with Gasteiger partial charge in [0.2, 0.25) is 0 Å². The lowest BCUT2D eigenvalue weighted by molar-refractivity contribution is 0.222. The second-order valence-electron chi connectivity index (χ2n) is 8.07. The molecule has 1 N–H and O–H groups in total. The number of rotatable bonds is 19. The first-order valence-electron chi connectivity index (χ1n) is 11.5. The molecule has 0 saturated carbocycles. The summed E-state index contributed by atoms with van der Waals surface area (Å²) in [5.41, 5.74) is 0. The molecule has 0 amide bonds. The van der Waals surface area contributed by atoms with Gasteiger partial charge in [0.25, 0.3) is 0 Å². The lowest BCUT2D eigenvalue weighted by Gasteiger charge is -2.08. The Morgan fingerprint density at radius 2 is 0.889 bits per heavy atom. The monoisotopic (exact) mass is 425 g/mol. The summed E-state index contributed by atoms with van der Waals surface area (Å²) in [5, 5.41) is 8.40. The molecule has 0 aliphatic rings. The van der Waals surface area contributed by atoms with Crippen molar-refractivity contribution in [2.24, 2.45) is 0 Å². The Morgan fingerprint density at radius 3 is 1.11 bits per heavy atom. The van der Waals surface area contributed by atoms with Crippen LogP contribution in [0.5, 0.6) is 0 Å². The summed E-state index contributed by atoms with van der Waals surface area (Å²) < 4.78 is 0. The summed E-state index contributed by atoms with van der Waals surface area (Å²) >= 11 is 10.2. The minimum atomic E-state index is -0.534. The molecule has 2 nitrogen and oxygen atoms in total. The second-order valence-corrected chi connectivity index (χ2v) is 8.69. The van der Waals surface area contributed by atoms with Crippen molar-refractivity contribution in [3.63, 3.8) is 0 Å². The Labute approximate surface area is 181 Å². The topological polar surface area (TPSA) is 23.5 Å². The first-order chi connectivity index (χ1) is 13.1. The lowest BCUT2D eigenvalue weighted by Crippen LogP contribution is -2.12. The average molecular weight is 427 g/mol. The molecule has 0 heterocycles. The molecule has 0 aromatic carbocycles. The molecule has 0 atom stereocenters. The number of nitrogens with zero attached hydrogens (tertiary/aromatic N) is 1. The van der Waals surface area contributed by atoms with Gasteiger partial charge in [0.15, 0.2) is 0 Å². The molecule has 0 rings (SSSR count). The fourth-order valence-electron chi connectivity index (χ4n) is 3.02. The van der Waals surface area contributed by atoms with E-state index in [1.165, 1.54) is 109 Å². The van der Waals surface area contributed by atoms with Crippen molar-refractivity contribution in [2.45, 2.75) is 116 Å². The van der Waals surface area contributed by atoms with E-state index in [9.17, 15) is 0 Å². The molecule has 0 fully saturated rings. The van der Waals surface area contributed by atoms with Crippen LogP contribution >= 0.6 is 23.2 Å². The number of aliphatic hydroxyl groups is 1. The molecule has 166 valence electrons. The van der Waals surface area contributed by atoms with Gasteiger partial charge in [-0.25, -0.2) is 0 Å². The molecule has 0 bridgehead atoms. The van der Waals surface area contributed by atoms with Crippen molar-refractivity contribution in [1.82, 2.24) is 4.90 Å². The maximum absolute atomic E-state index is 8.40. The van der Waals surface area contributed by atoms with Gasteiger partial charge < -0.3 is 10.0 Å². The summed E-state index contributed by atoms with van der Waals surface area (Å²) in [7, 11) is 4.34. The highest BCUT2D eigenvalue weighted by molar-refractivity contribution is 6.21. The smallest absolute Gasteiger partial charge is 0.0810 e. The average Bonchev–Trinajstić information content (AvgIpc) is 2.67.